The quantitative estimate of drug-likeness (QED) is 0.668. The lowest BCUT2D eigenvalue weighted by atomic mass is 10.1. The van der Waals surface area contributed by atoms with Crippen molar-refractivity contribution in [2.75, 3.05) is 0 Å². The monoisotopic (exact) mass is 248 g/mol. The van der Waals surface area contributed by atoms with E-state index < -0.39 is 17.4 Å². The SMILES string of the molecule is O=c1cc(C(F)(F)F)c2cc(Cl)ccc2o1. The molecule has 1 heterocycles. The van der Waals surface area contributed by atoms with Crippen molar-refractivity contribution in [1.29, 1.82) is 0 Å². The van der Waals surface area contributed by atoms with Crippen LogP contribution in [0.4, 0.5) is 13.2 Å². The first-order valence-electron chi connectivity index (χ1n) is 4.18. The Morgan fingerprint density at radius 2 is 1.88 bits per heavy atom. The zero-order chi connectivity index (χ0) is 11.9. The molecule has 0 amide bonds. The summed E-state index contributed by atoms with van der Waals surface area (Å²) in [6, 6.07) is 4.11. The van der Waals surface area contributed by atoms with Crippen LogP contribution in [-0.2, 0) is 6.18 Å². The summed E-state index contributed by atoms with van der Waals surface area (Å²) in [5.74, 6) is 0. The molecule has 2 aromatic rings. The molecule has 0 radical (unpaired) electrons. The third kappa shape index (κ3) is 1.90. The molecule has 0 spiro atoms. The van der Waals surface area contributed by atoms with Crippen LogP contribution in [0.3, 0.4) is 0 Å². The van der Waals surface area contributed by atoms with Gasteiger partial charge in [-0.15, -0.1) is 0 Å². The van der Waals surface area contributed by atoms with Crippen molar-refractivity contribution in [2.24, 2.45) is 0 Å². The number of hydrogen-bond donors (Lipinski definition) is 0. The van der Waals surface area contributed by atoms with Crippen LogP contribution in [-0.4, -0.2) is 0 Å². The number of rotatable bonds is 0. The third-order valence-corrected chi connectivity index (χ3v) is 2.25. The summed E-state index contributed by atoms with van der Waals surface area (Å²) in [6.07, 6.45) is -4.61. The van der Waals surface area contributed by atoms with Crippen LogP contribution in [0.25, 0.3) is 11.0 Å². The minimum atomic E-state index is -4.61. The van der Waals surface area contributed by atoms with Crippen LogP contribution >= 0.6 is 11.6 Å². The highest BCUT2D eigenvalue weighted by molar-refractivity contribution is 6.31. The van der Waals surface area contributed by atoms with Gasteiger partial charge in [0.25, 0.3) is 0 Å². The van der Waals surface area contributed by atoms with Crippen LogP contribution in [0.5, 0.6) is 0 Å². The summed E-state index contributed by atoms with van der Waals surface area (Å²) in [5.41, 5.74) is -2.22. The fourth-order valence-corrected chi connectivity index (χ4v) is 1.54. The average molecular weight is 249 g/mol. The van der Waals surface area contributed by atoms with Gasteiger partial charge in [-0.1, -0.05) is 11.6 Å². The highest BCUT2D eigenvalue weighted by Crippen LogP contribution is 2.34. The molecule has 84 valence electrons. The predicted octanol–water partition coefficient (Wildman–Crippen LogP) is 3.47. The Hall–Kier alpha value is -1.49. The normalized spacial score (nSPS) is 12.0. The lowest BCUT2D eigenvalue weighted by Crippen LogP contribution is -2.10. The Labute approximate surface area is 92.2 Å². The lowest BCUT2D eigenvalue weighted by Gasteiger charge is -2.08. The minimum Gasteiger partial charge on any atom is -0.423 e. The van der Waals surface area contributed by atoms with E-state index in [2.05, 4.69) is 4.42 Å². The van der Waals surface area contributed by atoms with Crippen molar-refractivity contribution in [3.05, 3.63) is 45.3 Å². The summed E-state index contributed by atoms with van der Waals surface area (Å²) >= 11 is 5.59. The molecule has 1 aromatic heterocycles. The summed E-state index contributed by atoms with van der Waals surface area (Å²) < 4.78 is 42.5. The van der Waals surface area contributed by atoms with Crippen LogP contribution in [0, 0.1) is 0 Å². The average Bonchev–Trinajstić information content (AvgIpc) is 2.16. The highest BCUT2D eigenvalue weighted by Gasteiger charge is 2.33. The van der Waals surface area contributed by atoms with Crippen molar-refractivity contribution in [3.8, 4) is 0 Å². The largest absolute Gasteiger partial charge is 0.423 e. The summed E-state index contributed by atoms with van der Waals surface area (Å²) in [6.45, 7) is 0. The molecule has 16 heavy (non-hydrogen) atoms. The van der Waals surface area contributed by atoms with Crippen LogP contribution < -0.4 is 5.63 Å². The fraction of sp³-hybridized carbons (Fsp3) is 0.100. The molecule has 0 aliphatic heterocycles. The maximum Gasteiger partial charge on any atom is 0.417 e. The topological polar surface area (TPSA) is 30.2 Å². The second-order valence-corrected chi connectivity index (χ2v) is 3.55. The predicted molar refractivity (Wildman–Crippen MR) is 52.5 cm³/mol. The maximum atomic E-state index is 12.6. The third-order valence-electron chi connectivity index (χ3n) is 2.01. The van der Waals surface area contributed by atoms with E-state index in [9.17, 15) is 18.0 Å². The van der Waals surface area contributed by atoms with Gasteiger partial charge in [0, 0.05) is 16.5 Å². The minimum absolute atomic E-state index is 0.135. The molecule has 2 rings (SSSR count). The van der Waals surface area contributed by atoms with E-state index in [-0.39, 0.29) is 16.0 Å². The number of hydrogen-bond acceptors (Lipinski definition) is 2. The van der Waals surface area contributed by atoms with E-state index in [0.717, 1.165) is 6.07 Å². The van der Waals surface area contributed by atoms with Crippen LogP contribution in [0.1, 0.15) is 5.56 Å². The Morgan fingerprint density at radius 3 is 2.50 bits per heavy atom. The van der Waals surface area contributed by atoms with Gasteiger partial charge < -0.3 is 4.42 Å². The molecule has 0 N–H and O–H groups in total. The molecule has 0 aliphatic rings. The first-order valence-corrected chi connectivity index (χ1v) is 4.56. The lowest BCUT2D eigenvalue weighted by molar-refractivity contribution is -0.136. The van der Waals surface area contributed by atoms with Crippen molar-refractivity contribution in [2.45, 2.75) is 6.18 Å². The molecule has 1 aromatic carbocycles. The van der Waals surface area contributed by atoms with Crippen molar-refractivity contribution < 1.29 is 17.6 Å². The zero-order valence-electron chi connectivity index (χ0n) is 7.64. The first kappa shape index (κ1) is 11.0. The molecule has 0 unspecified atom stereocenters. The number of fused-ring (bicyclic) bond motifs is 1. The molecule has 0 bridgehead atoms. The van der Waals surface area contributed by atoms with E-state index in [0.29, 0.717) is 6.07 Å². The van der Waals surface area contributed by atoms with Crippen molar-refractivity contribution >= 4 is 22.6 Å². The number of benzene rings is 1. The van der Waals surface area contributed by atoms with Crippen molar-refractivity contribution in [3.63, 3.8) is 0 Å². The second-order valence-electron chi connectivity index (χ2n) is 3.12. The van der Waals surface area contributed by atoms with E-state index in [1.165, 1.54) is 12.1 Å². The number of alkyl halides is 3. The summed E-state index contributed by atoms with van der Waals surface area (Å²) in [7, 11) is 0. The molecule has 0 aliphatic carbocycles. The van der Waals surface area contributed by atoms with E-state index >= 15 is 0 Å². The second kappa shape index (κ2) is 3.52. The first-order chi connectivity index (χ1) is 7.38. The van der Waals surface area contributed by atoms with Gasteiger partial charge >= 0.3 is 11.8 Å². The fourth-order valence-electron chi connectivity index (χ4n) is 1.37. The molecule has 0 atom stereocenters. The summed E-state index contributed by atoms with van der Waals surface area (Å²) in [4.78, 5) is 10.9. The van der Waals surface area contributed by atoms with Gasteiger partial charge in [-0.2, -0.15) is 13.2 Å². The Balaban J connectivity index is 2.91. The molecular weight excluding hydrogens is 245 g/mol. The Kier molecular flexibility index (Phi) is 2.42. The highest BCUT2D eigenvalue weighted by atomic mass is 35.5. The summed E-state index contributed by atoms with van der Waals surface area (Å²) in [5, 5.41) is -0.0774. The maximum absolute atomic E-state index is 12.6. The van der Waals surface area contributed by atoms with Gasteiger partial charge in [-0.25, -0.2) is 4.79 Å². The Morgan fingerprint density at radius 1 is 1.19 bits per heavy atom. The Bertz CT molecular complexity index is 601. The van der Waals surface area contributed by atoms with E-state index in [1.54, 1.807) is 0 Å². The van der Waals surface area contributed by atoms with E-state index in [1.807, 2.05) is 0 Å². The smallest absolute Gasteiger partial charge is 0.417 e. The standard InChI is InChI=1S/C10H4ClF3O2/c11-5-1-2-8-6(3-5)7(10(12,13)14)4-9(15)16-8/h1-4H. The molecule has 2 nitrogen and oxygen atoms in total. The van der Waals surface area contributed by atoms with Gasteiger partial charge in [0.05, 0.1) is 5.56 Å². The number of halogens is 4. The van der Waals surface area contributed by atoms with Gasteiger partial charge in [-0.3, -0.25) is 0 Å². The van der Waals surface area contributed by atoms with Gasteiger partial charge in [-0.05, 0) is 18.2 Å². The zero-order valence-corrected chi connectivity index (χ0v) is 8.39. The van der Waals surface area contributed by atoms with Crippen molar-refractivity contribution in [1.82, 2.24) is 0 Å². The van der Waals surface area contributed by atoms with E-state index in [4.69, 9.17) is 11.6 Å². The molecular formula is C10H4ClF3O2. The molecule has 0 fully saturated rings. The molecule has 0 saturated heterocycles. The van der Waals surface area contributed by atoms with Gasteiger partial charge in [0.15, 0.2) is 0 Å². The van der Waals surface area contributed by atoms with Gasteiger partial charge in [0.1, 0.15) is 5.58 Å². The van der Waals surface area contributed by atoms with Gasteiger partial charge in [0.2, 0.25) is 0 Å². The molecule has 0 saturated carbocycles. The van der Waals surface area contributed by atoms with Crippen LogP contribution in [0.2, 0.25) is 5.02 Å². The molecule has 6 heteroatoms. The van der Waals surface area contributed by atoms with Crippen LogP contribution in [0.15, 0.2) is 33.5 Å².